The van der Waals surface area contributed by atoms with Crippen molar-refractivity contribution < 1.29 is 9.53 Å². The summed E-state index contributed by atoms with van der Waals surface area (Å²) in [4.78, 5) is 17.7. The molecule has 0 aliphatic carbocycles. The number of carbonyl (C=O) groups is 1. The quantitative estimate of drug-likeness (QED) is 0.273. The van der Waals surface area contributed by atoms with Gasteiger partial charge in [0.05, 0.1) is 18.5 Å². The number of nitrogens with one attached hydrogen (secondary N) is 1. The number of hydrogen-bond acceptors (Lipinski definition) is 4. The van der Waals surface area contributed by atoms with Crippen LogP contribution in [0.5, 0.6) is 5.75 Å². The molecule has 0 spiro atoms. The van der Waals surface area contributed by atoms with Crippen LogP contribution in [0, 0.1) is 0 Å². The highest BCUT2D eigenvalue weighted by atomic mass is 35.5. The van der Waals surface area contributed by atoms with Crippen molar-refractivity contribution in [3.05, 3.63) is 106 Å². The van der Waals surface area contributed by atoms with Crippen LogP contribution in [0.1, 0.15) is 16.1 Å². The van der Waals surface area contributed by atoms with Crippen molar-refractivity contribution in [2.75, 3.05) is 13.7 Å². The van der Waals surface area contributed by atoms with E-state index in [0.29, 0.717) is 40.1 Å². The molecule has 0 atom stereocenters. The number of fused-ring (bicyclic) bond motifs is 1. The Hall–Kier alpha value is -3.87. The summed E-state index contributed by atoms with van der Waals surface area (Å²) in [5, 5.41) is 8.88. The number of ether oxygens (including phenoxy) is 1. The molecule has 0 unspecified atom stereocenters. The van der Waals surface area contributed by atoms with E-state index in [0.717, 1.165) is 28.1 Å². The van der Waals surface area contributed by atoms with Gasteiger partial charge < -0.3 is 10.1 Å². The predicted molar refractivity (Wildman–Crippen MR) is 143 cm³/mol. The van der Waals surface area contributed by atoms with Crippen molar-refractivity contribution in [3.63, 3.8) is 0 Å². The topological polar surface area (TPSA) is 68.5 Å². The summed E-state index contributed by atoms with van der Waals surface area (Å²) in [5.74, 6) is 0.424. The predicted octanol–water partition coefficient (Wildman–Crippen LogP) is 6.35. The molecule has 0 fully saturated rings. The molecule has 5 aromatic rings. The number of methoxy groups -OCH3 is 1. The second-order valence-corrected chi connectivity index (χ2v) is 9.01. The monoisotopic (exact) mass is 516 g/mol. The van der Waals surface area contributed by atoms with E-state index in [1.54, 1.807) is 29.8 Å². The molecule has 8 heteroatoms. The van der Waals surface area contributed by atoms with Gasteiger partial charge in [-0.2, -0.15) is 5.10 Å². The Morgan fingerprint density at radius 1 is 0.944 bits per heavy atom. The van der Waals surface area contributed by atoms with Crippen molar-refractivity contribution in [2.24, 2.45) is 0 Å². The zero-order chi connectivity index (χ0) is 25.1. The summed E-state index contributed by atoms with van der Waals surface area (Å²) < 4.78 is 7.16. The Bertz CT molecular complexity index is 1550. The van der Waals surface area contributed by atoms with E-state index in [1.807, 2.05) is 66.7 Å². The normalized spacial score (nSPS) is 11.0. The minimum Gasteiger partial charge on any atom is -0.497 e. The standard InChI is InChI=1S/C28H22Cl2N4O2/c1-36-22-9-5-8-20(14-22)26-16-25(28(35)31-13-12-18-10-11-21(29)15-23(18)30)32-27-17-24(33-34(26)27)19-6-3-2-4-7-19/h2-11,14-17H,12-13H2,1H3,(H,31,35). The minimum atomic E-state index is -0.283. The molecule has 2 aromatic heterocycles. The highest BCUT2D eigenvalue weighted by Crippen LogP contribution is 2.27. The number of carbonyl (C=O) groups excluding carboxylic acids is 1. The minimum absolute atomic E-state index is 0.283. The van der Waals surface area contributed by atoms with Gasteiger partial charge in [-0.05, 0) is 42.3 Å². The fourth-order valence-corrected chi connectivity index (χ4v) is 4.46. The van der Waals surface area contributed by atoms with Gasteiger partial charge in [0, 0.05) is 33.8 Å². The molecule has 36 heavy (non-hydrogen) atoms. The number of hydrogen-bond donors (Lipinski definition) is 1. The van der Waals surface area contributed by atoms with Crippen LogP contribution in [0.3, 0.4) is 0 Å². The maximum Gasteiger partial charge on any atom is 0.270 e. The van der Waals surface area contributed by atoms with Crippen LogP contribution in [0.2, 0.25) is 10.0 Å². The second-order valence-electron chi connectivity index (χ2n) is 8.17. The first-order chi connectivity index (χ1) is 17.5. The van der Waals surface area contributed by atoms with Gasteiger partial charge in [-0.1, -0.05) is 71.7 Å². The van der Waals surface area contributed by atoms with Gasteiger partial charge in [-0.25, -0.2) is 9.50 Å². The number of halogens is 2. The highest BCUT2D eigenvalue weighted by Gasteiger charge is 2.17. The maximum absolute atomic E-state index is 13.1. The number of amides is 1. The van der Waals surface area contributed by atoms with Gasteiger partial charge in [0.15, 0.2) is 5.65 Å². The lowest BCUT2D eigenvalue weighted by Gasteiger charge is -2.10. The summed E-state index contributed by atoms with van der Waals surface area (Å²) in [5.41, 5.74) is 5.08. The number of rotatable bonds is 7. The Balaban J connectivity index is 1.49. The molecule has 0 saturated carbocycles. The first-order valence-corrected chi connectivity index (χ1v) is 12.1. The largest absolute Gasteiger partial charge is 0.497 e. The first-order valence-electron chi connectivity index (χ1n) is 11.3. The van der Waals surface area contributed by atoms with Crippen molar-refractivity contribution in [2.45, 2.75) is 6.42 Å². The van der Waals surface area contributed by atoms with Gasteiger partial charge in [-0.15, -0.1) is 0 Å². The molecule has 180 valence electrons. The summed E-state index contributed by atoms with van der Waals surface area (Å²) in [6, 6.07) is 26.4. The number of aromatic nitrogens is 3. The van der Waals surface area contributed by atoms with E-state index in [4.69, 9.17) is 33.0 Å². The number of nitrogens with zero attached hydrogens (tertiary/aromatic N) is 3. The fourth-order valence-electron chi connectivity index (χ4n) is 3.95. The fraction of sp³-hybridized carbons (Fsp3) is 0.107. The lowest BCUT2D eigenvalue weighted by Crippen LogP contribution is -2.27. The smallest absolute Gasteiger partial charge is 0.270 e. The van der Waals surface area contributed by atoms with Crippen molar-refractivity contribution >= 4 is 34.8 Å². The summed E-state index contributed by atoms with van der Waals surface area (Å²) in [6.07, 6.45) is 0.567. The van der Waals surface area contributed by atoms with E-state index < -0.39 is 0 Å². The third kappa shape index (κ3) is 5.05. The molecule has 0 aliphatic rings. The molecule has 0 bridgehead atoms. The molecule has 0 saturated heterocycles. The first kappa shape index (κ1) is 23.9. The molecule has 6 nitrogen and oxygen atoms in total. The van der Waals surface area contributed by atoms with Crippen molar-refractivity contribution in [3.8, 4) is 28.3 Å². The van der Waals surface area contributed by atoms with E-state index in [-0.39, 0.29) is 5.91 Å². The number of benzene rings is 3. The van der Waals surface area contributed by atoms with Gasteiger partial charge in [0.25, 0.3) is 5.91 Å². The third-order valence-corrected chi connectivity index (χ3v) is 6.38. The van der Waals surface area contributed by atoms with Crippen molar-refractivity contribution in [1.29, 1.82) is 0 Å². The molecule has 2 heterocycles. The zero-order valence-corrected chi connectivity index (χ0v) is 20.9. The van der Waals surface area contributed by atoms with Crippen LogP contribution >= 0.6 is 23.2 Å². The molecule has 0 aliphatic heterocycles. The average molecular weight is 517 g/mol. The van der Waals surface area contributed by atoms with Gasteiger partial charge >= 0.3 is 0 Å². The van der Waals surface area contributed by atoms with Gasteiger partial charge in [0.2, 0.25) is 0 Å². The van der Waals surface area contributed by atoms with E-state index in [2.05, 4.69) is 10.3 Å². The Morgan fingerprint density at radius 3 is 2.53 bits per heavy atom. The van der Waals surface area contributed by atoms with E-state index in [1.165, 1.54) is 0 Å². The summed E-state index contributed by atoms with van der Waals surface area (Å²) >= 11 is 12.2. The molecule has 0 radical (unpaired) electrons. The highest BCUT2D eigenvalue weighted by molar-refractivity contribution is 6.35. The molecular weight excluding hydrogens is 495 g/mol. The lowest BCUT2D eigenvalue weighted by atomic mass is 10.1. The second kappa shape index (κ2) is 10.4. The van der Waals surface area contributed by atoms with Crippen LogP contribution in [0.15, 0.2) is 84.9 Å². The molecular formula is C28H22Cl2N4O2. The molecule has 3 aromatic carbocycles. The Kier molecular flexibility index (Phi) is 6.89. The van der Waals surface area contributed by atoms with Gasteiger partial charge in [0.1, 0.15) is 11.4 Å². The third-order valence-electron chi connectivity index (χ3n) is 5.79. The summed E-state index contributed by atoms with van der Waals surface area (Å²) in [6.45, 7) is 0.399. The van der Waals surface area contributed by atoms with Crippen LogP contribution in [-0.2, 0) is 6.42 Å². The average Bonchev–Trinajstić information content (AvgIpc) is 3.34. The molecule has 1 amide bonds. The SMILES string of the molecule is COc1cccc(-c2cc(C(=O)NCCc3ccc(Cl)cc3Cl)nc3cc(-c4ccccc4)nn23)c1. The molecule has 1 N–H and O–H groups in total. The van der Waals surface area contributed by atoms with Crippen LogP contribution in [0.25, 0.3) is 28.2 Å². The van der Waals surface area contributed by atoms with Crippen LogP contribution in [-0.4, -0.2) is 34.2 Å². The lowest BCUT2D eigenvalue weighted by molar-refractivity contribution is 0.0949. The van der Waals surface area contributed by atoms with E-state index in [9.17, 15) is 4.79 Å². The van der Waals surface area contributed by atoms with Gasteiger partial charge in [-0.3, -0.25) is 4.79 Å². The Labute approximate surface area is 218 Å². The zero-order valence-electron chi connectivity index (χ0n) is 19.4. The molecule has 5 rings (SSSR count). The van der Waals surface area contributed by atoms with Crippen LogP contribution < -0.4 is 10.1 Å². The van der Waals surface area contributed by atoms with E-state index >= 15 is 0 Å². The Morgan fingerprint density at radius 2 is 1.75 bits per heavy atom. The van der Waals surface area contributed by atoms with Crippen molar-refractivity contribution in [1.82, 2.24) is 19.9 Å². The maximum atomic E-state index is 13.1. The van der Waals surface area contributed by atoms with Crippen LogP contribution in [0.4, 0.5) is 0 Å². The summed E-state index contributed by atoms with van der Waals surface area (Å²) in [7, 11) is 1.62.